The lowest BCUT2D eigenvalue weighted by Gasteiger charge is -2.31. The summed E-state index contributed by atoms with van der Waals surface area (Å²) in [5, 5.41) is 2.49. The van der Waals surface area contributed by atoms with Gasteiger partial charge in [-0.2, -0.15) is 0 Å². The summed E-state index contributed by atoms with van der Waals surface area (Å²) in [6.07, 6.45) is -3.65. The van der Waals surface area contributed by atoms with Crippen LogP contribution in [0.5, 0.6) is 5.75 Å². The first kappa shape index (κ1) is 23.7. The molecule has 1 aliphatic rings. The summed E-state index contributed by atoms with van der Waals surface area (Å²) in [7, 11) is 0. The second-order valence-electron chi connectivity index (χ2n) is 8.90. The Bertz CT molecular complexity index is 1000. The highest BCUT2D eigenvalue weighted by molar-refractivity contribution is 5.90. The van der Waals surface area contributed by atoms with E-state index in [4.69, 9.17) is 0 Å². The zero-order valence-corrected chi connectivity index (χ0v) is 17.9. The van der Waals surface area contributed by atoms with E-state index in [-0.39, 0.29) is 35.7 Å². The molecule has 2 heterocycles. The van der Waals surface area contributed by atoms with Gasteiger partial charge >= 0.3 is 6.36 Å². The van der Waals surface area contributed by atoms with Crippen molar-refractivity contribution in [2.75, 3.05) is 16.8 Å². The van der Waals surface area contributed by atoms with Crippen LogP contribution in [0.4, 0.5) is 33.5 Å². The maximum atomic E-state index is 14.7. The van der Waals surface area contributed by atoms with E-state index >= 15 is 0 Å². The molecule has 1 amide bonds. The molecule has 174 valence electrons. The number of hydrogen-bond acceptors (Lipinski definition) is 4. The Labute approximate surface area is 182 Å². The Morgan fingerprint density at radius 3 is 2.56 bits per heavy atom. The molecule has 0 spiro atoms. The van der Waals surface area contributed by atoms with Crippen LogP contribution in [0.3, 0.4) is 0 Å². The van der Waals surface area contributed by atoms with Gasteiger partial charge in [0.1, 0.15) is 11.6 Å². The number of ether oxygens (including phenoxy) is 1. The average Bonchev–Trinajstić information content (AvgIpc) is 2.62. The van der Waals surface area contributed by atoms with Crippen molar-refractivity contribution in [1.82, 2.24) is 4.98 Å². The number of carbonyl (C=O) groups excluding carboxylic acids is 1. The molecule has 10 heteroatoms. The second-order valence-corrected chi connectivity index (χ2v) is 8.90. The van der Waals surface area contributed by atoms with Crippen LogP contribution in [0.25, 0.3) is 0 Å². The summed E-state index contributed by atoms with van der Waals surface area (Å²) in [5.74, 6) is -2.80. The Balaban J connectivity index is 1.85. The highest BCUT2D eigenvalue weighted by Gasteiger charge is 2.33. The fourth-order valence-electron chi connectivity index (χ4n) is 3.53. The number of aryl methyl sites for hydroxylation is 1. The van der Waals surface area contributed by atoms with Gasteiger partial charge in [-0.05, 0) is 24.3 Å². The van der Waals surface area contributed by atoms with Gasteiger partial charge in [0.15, 0.2) is 11.6 Å². The summed E-state index contributed by atoms with van der Waals surface area (Å²) < 4.78 is 70.3. The monoisotopic (exact) mass is 457 g/mol. The molecular formula is C22H24F5N3O2. The quantitative estimate of drug-likeness (QED) is 0.595. The zero-order valence-electron chi connectivity index (χ0n) is 17.9. The molecule has 0 aliphatic carbocycles. The van der Waals surface area contributed by atoms with Crippen LogP contribution in [0, 0.1) is 17.0 Å². The third kappa shape index (κ3) is 6.30. The first-order chi connectivity index (χ1) is 14.8. The number of pyridine rings is 1. The second kappa shape index (κ2) is 8.91. The molecule has 32 heavy (non-hydrogen) atoms. The minimum absolute atomic E-state index is 0.0600. The molecule has 2 aromatic rings. The van der Waals surface area contributed by atoms with Gasteiger partial charge in [-0.3, -0.25) is 4.79 Å². The number of alkyl halides is 3. The van der Waals surface area contributed by atoms with Gasteiger partial charge in [-0.25, -0.2) is 13.8 Å². The van der Waals surface area contributed by atoms with E-state index in [2.05, 4.69) is 15.0 Å². The number of carbonyl (C=O) groups is 1. The molecule has 1 N–H and O–H groups in total. The van der Waals surface area contributed by atoms with Crippen LogP contribution in [-0.4, -0.2) is 23.8 Å². The number of aromatic nitrogens is 1. The number of hydrogen-bond donors (Lipinski definition) is 1. The number of amides is 1. The van der Waals surface area contributed by atoms with Crippen LogP contribution >= 0.6 is 0 Å². The molecule has 0 saturated heterocycles. The third-order valence-corrected chi connectivity index (χ3v) is 4.78. The minimum Gasteiger partial charge on any atom is -0.405 e. The van der Waals surface area contributed by atoms with Crippen molar-refractivity contribution in [3.63, 3.8) is 0 Å². The smallest absolute Gasteiger partial charge is 0.405 e. The fourth-order valence-corrected chi connectivity index (χ4v) is 3.53. The molecular weight excluding hydrogens is 433 g/mol. The summed E-state index contributed by atoms with van der Waals surface area (Å²) in [6.45, 7) is 6.02. The molecule has 0 atom stereocenters. The standard InChI is InChI=1S/C22H24F5N3O2/c1-21(2,3)11-19(31)29-20-15(24)10-17-16(28-20)5-4-8-30(17)12-13-6-7-14(23)9-18(13)32-22(25,26)27/h6-7,9-10H,4-5,8,11-12H2,1-3H3,(H,28,29,31). The van der Waals surface area contributed by atoms with Crippen LogP contribution in [-0.2, 0) is 17.8 Å². The van der Waals surface area contributed by atoms with Crippen molar-refractivity contribution in [3.05, 3.63) is 47.2 Å². The fraction of sp³-hybridized carbons (Fsp3) is 0.455. The van der Waals surface area contributed by atoms with Gasteiger partial charge in [-0.1, -0.05) is 26.8 Å². The van der Waals surface area contributed by atoms with Gasteiger partial charge < -0.3 is 15.0 Å². The summed E-state index contributed by atoms with van der Waals surface area (Å²) in [5.41, 5.74) is 0.741. The summed E-state index contributed by atoms with van der Waals surface area (Å²) >= 11 is 0. The minimum atomic E-state index is -4.98. The van der Waals surface area contributed by atoms with E-state index in [1.165, 1.54) is 12.1 Å². The number of anilines is 2. The van der Waals surface area contributed by atoms with Gasteiger partial charge in [0.25, 0.3) is 0 Å². The average molecular weight is 457 g/mol. The van der Waals surface area contributed by atoms with Gasteiger partial charge in [-0.15, -0.1) is 13.2 Å². The van der Waals surface area contributed by atoms with Gasteiger partial charge in [0, 0.05) is 37.2 Å². The number of nitrogens with zero attached hydrogens (tertiary/aromatic N) is 2. The molecule has 5 nitrogen and oxygen atoms in total. The highest BCUT2D eigenvalue weighted by atomic mass is 19.4. The number of rotatable bonds is 5. The van der Waals surface area contributed by atoms with E-state index in [0.717, 1.165) is 6.07 Å². The Hall–Kier alpha value is -2.91. The molecule has 3 rings (SSSR count). The molecule has 1 aromatic heterocycles. The lowest BCUT2D eigenvalue weighted by Crippen LogP contribution is -2.31. The van der Waals surface area contributed by atoms with E-state index in [1.54, 1.807) is 4.90 Å². The van der Waals surface area contributed by atoms with Crippen molar-refractivity contribution < 1.29 is 31.5 Å². The number of fused-ring (bicyclic) bond motifs is 1. The molecule has 1 aliphatic heterocycles. The maximum absolute atomic E-state index is 14.7. The van der Waals surface area contributed by atoms with Crippen LogP contribution in [0.2, 0.25) is 0 Å². The van der Waals surface area contributed by atoms with Crippen molar-refractivity contribution in [1.29, 1.82) is 0 Å². The molecule has 0 saturated carbocycles. The molecule has 0 bridgehead atoms. The predicted molar refractivity (Wildman–Crippen MR) is 109 cm³/mol. The molecule has 0 fully saturated rings. The number of benzene rings is 1. The Morgan fingerprint density at radius 1 is 1.19 bits per heavy atom. The Kier molecular flexibility index (Phi) is 6.61. The van der Waals surface area contributed by atoms with Gasteiger partial charge in [0.05, 0.1) is 11.4 Å². The van der Waals surface area contributed by atoms with Crippen LogP contribution in [0.15, 0.2) is 24.3 Å². The third-order valence-electron chi connectivity index (χ3n) is 4.78. The first-order valence-electron chi connectivity index (χ1n) is 10.1. The van der Waals surface area contributed by atoms with Crippen molar-refractivity contribution in [2.24, 2.45) is 5.41 Å². The highest BCUT2D eigenvalue weighted by Crippen LogP contribution is 2.34. The van der Waals surface area contributed by atoms with E-state index in [9.17, 15) is 26.7 Å². The SMILES string of the molecule is CC(C)(C)CC(=O)Nc1nc2c(cc1F)N(Cc1ccc(F)cc1OC(F)(F)F)CCC2. The lowest BCUT2D eigenvalue weighted by atomic mass is 9.92. The summed E-state index contributed by atoms with van der Waals surface area (Å²) in [6, 6.07) is 4.12. The lowest BCUT2D eigenvalue weighted by molar-refractivity contribution is -0.275. The zero-order chi connectivity index (χ0) is 23.7. The van der Waals surface area contributed by atoms with Crippen molar-refractivity contribution in [2.45, 2.75) is 52.9 Å². The Morgan fingerprint density at radius 2 is 1.91 bits per heavy atom. The largest absolute Gasteiger partial charge is 0.573 e. The van der Waals surface area contributed by atoms with Gasteiger partial charge in [0.2, 0.25) is 5.91 Å². The van der Waals surface area contributed by atoms with E-state index < -0.39 is 23.7 Å². The number of nitrogens with one attached hydrogen (secondary N) is 1. The van der Waals surface area contributed by atoms with Crippen LogP contribution in [0.1, 0.15) is 44.9 Å². The number of halogens is 5. The van der Waals surface area contributed by atoms with Crippen molar-refractivity contribution in [3.8, 4) is 5.75 Å². The van der Waals surface area contributed by atoms with E-state index in [1.807, 2.05) is 20.8 Å². The normalized spacial score (nSPS) is 14.2. The first-order valence-corrected chi connectivity index (χ1v) is 10.1. The molecule has 1 aromatic carbocycles. The molecule has 0 radical (unpaired) electrons. The predicted octanol–water partition coefficient (Wildman–Crippen LogP) is 5.59. The topological polar surface area (TPSA) is 54.5 Å². The summed E-state index contributed by atoms with van der Waals surface area (Å²) in [4.78, 5) is 18.1. The van der Waals surface area contributed by atoms with E-state index in [0.29, 0.717) is 36.8 Å². The molecule has 0 unspecified atom stereocenters. The van der Waals surface area contributed by atoms with Crippen molar-refractivity contribution >= 4 is 17.4 Å². The maximum Gasteiger partial charge on any atom is 0.573 e. The van der Waals surface area contributed by atoms with Crippen LogP contribution < -0.4 is 15.0 Å².